The van der Waals surface area contributed by atoms with Crippen molar-refractivity contribution in [3.63, 3.8) is 0 Å². The van der Waals surface area contributed by atoms with Crippen molar-refractivity contribution in [1.29, 1.82) is 0 Å². The Kier molecular flexibility index (Phi) is 5.76. The first-order valence-corrected chi connectivity index (χ1v) is 6.38. The first kappa shape index (κ1) is 15.4. The summed E-state index contributed by atoms with van der Waals surface area (Å²) >= 11 is 0. The van der Waals surface area contributed by atoms with Crippen molar-refractivity contribution < 1.29 is 4.74 Å². The monoisotopic (exact) mass is 264 g/mol. The predicted octanol–water partition coefficient (Wildman–Crippen LogP) is 1.48. The van der Waals surface area contributed by atoms with Crippen LogP contribution >= 0.6 is 0 Å². The van der Waals surface area contributed by atoms with Crippen molar-refractivity contribution in [2.75, 3.05) is 20.7 Å². The van der Waals surface area contributed by atoms with Crippen LogP contribution in [0.5, 0.6) is 0 Å². The molecule has 1 rings (SSSR count). The molecule has 1 heterocycles. The Balaban J connectivity index is 2.49. The second-order valence-electron chi connectivity index (χ2n) is 5.01. The Morgan fingerprint density at radius 2 is 2.16 bits per heavy atom. The highest BCUT2D eigenvalue weighted by Crippen LogP contribution is 2.05. The summed E-state index contributed by atoms with van der Waals surface area (Å²) in [6, 6.07) is 3.99. The molecule has 0 radical (unpaired) electrons. The molecular weight excluding hydrogens is 240 g/mol. The number of nitrogens with one attached hydrogen (secondary N) is 2. The molecule has 0 spiro atoms. The molecule has 0 aliphatic rings. The maximum atomic E-state index is 5.36. The minimum Gasteiger partial charge on any atom is -0.377 e. The van der Waals surface area contributed by atoms with Crippen molar-refractivity contribution in [2.45, 2.75) is 32.9 Å². The molecule has 0 aliphatic heterocycles. The van der Waals surface area contributed by atoms with Gasteiger partial charge < -0.3 is 15.4 Å². The predicted molar refractivity (Wildman–Crippen MR) is 78.3 cm³/mol. The summed E-state index contributed by atoms with van der Waals surface area (Å²) in [4.78, 5) is 8.52. The van der Waals surface area contributed by atoms with Gasteiger partial charge in [0.2, 0.25) is 0 Å². The van der Waals surface area contributed by atoms with Crippen molar-refractivity contribution in [3.8, 4) is 0 Å². The molecule has 0 fully saturated rings. The van der Waals surface area contributed by atoms with Gasteiger partial charge in [0.15, 0.2) is 5.96 Å². The fourth-order valence-corrected chi connectivity index (χ4v) is 1.46. The number of hydrogen-bond acceptors (Lipinski definition) is 3. The van der Waals surface area contributed by atoms with Crippen LogP contribution in [0.3, 0.4) is 0 Å². The topological polar surface area (TPSA) is 58.5 Å². The Bertz CT molecular complexity index is 429. The number of aryl methyl sites for hydroxylation is 1. The maximum absolute atomic E-state index is 5.36. The van der Waals surface area contributed by atoms with Gasteiger partial charge in [0.05, 0.1) is 17.8 Å². The molecule has 0 aliphatic carbocycles. The number of hydrogen-bond donors (Lipinski definition) is 2. The summed E-state index contributed by atoms with van der Waals surface area (Å²) in [7, 11) is 3.45. The van der Waals surface area contributed by atoms with Gasteiger partial charge >= 0.3 is 0 Å². The molecule has 0 bridgehead atoms. The van der Waals surface area contributed by atoms with E-state index in [2.05, 4.69) is 20.6 Å². The Labute approximate surface area is 115 Å². The molecule has 0 amide bonds. The third-order valence-corrected chi connectivity index (χ3v) is 3.00. The van der Waals surface area contributed by atoms with Crippen LogP contribution < -0.4 is 10.6 Å². The quantitative estimate of drug-likeness (QED) is 0.625. The largest absolute Gasteiger partial charge is 0.377 e. The molecule has 106 valence electrons. The maximum Gasteiger partial charge on any atom is 0.191 e. The lowest BCUT2D eigenvalue weighted by Gasteiger charge is -2.24. The van der Waals surface area contributed by atoms with Crippen LogP contribution in [0.4, 0.5) is 0 Å². The zero-order valence-electron chi connectivity index (χ0n) is 12.4. The Hall–Kier alpha value is -1.62. The van der Waals surface area contributed by atoms with Gasteiger partial charge in [0, 0.05) is 26.9 Å². The lowest BCUT2D eigenvalue weighted by Crippen LogP contribution is -2.45. The third-order valence-electron chi connectivity index (χ3n) is 3.00. The summed E-state index contributed by atoms with van der Waals surface area (Å²) in [6.07, 6.45) is 1.80. The highest BCUT2D eigenvalue weighted by molar-refractivity contribution is 5.79. The van der Waals surface area contributed by atoms with Crippen molar-refractivity contribution in [1.82, 2.24) is 15.6 Å². The summed E-state index contributed by atoms with van der Waals surface area (Å²) < 4.78 is 5.36. The SMILES string of the molecule is CN=C(NCc1ncccc1C)NCC(C)(C)OC. The van der Waals surface area contributed by atoms with Crippen LogP contribution in [-0.2, 0) is 11.3 Å². The van der Waals surface area contributed by atoms with Gasteiger partial charge in [-0.2, -0.15) is 0 Å². The average molecular weight is 264 g/mol. The van der Waals surface area contributed by atoms with E-state index in [4.69, 9.17) is 4.74 Å². The van der Waals surface area contributed by atoms with Crippen LogP contribution in [0.1, 0.15) is 25.1 Å². The number of pyridine rings is 1. The molecule has 5 heteroatoms. The fraction of sp³-hybridized carbons (Fsp3) is 0.571. The molecule has 1 aromatic heterocycles. The van der Waals surface area contributed by atoms with E-state index in [1.54, 1.807) is 20.4 Å². The van der Waals surface area contributed by atoms with Crippen molar-refractivity contribution in [2.24, 2.45) is 4.99 Å². The van der Waals surface area contributed by atoms with Crippen LogP contribution in [0.25, 0.3) is 0 Å². The number of rotatable bonds is 5. The van der Waals surface area contributed by atoms with Gasteiger partial charge in [0.1, 0.15) is 0 Å². The fourth-order valence-electron chi connectivity index (χ4n) is 1.46. The first-order chi connectivity index (χ1) is 8.98. The van der Waals surface area contributed by atoms with E-state index in [0.717, 1.165) is 11.7 Å². The normalized spacial score (nSPS) is 12.4. The zero-order chi connectivity index (χ0) is 14.3. The van der Waals surface area contributed by atoms with Crippen molar-refractivity contribution >= 4 is 5.96 Å². The zero-order valence-corrected chi connectivity index (χ0v) is 12.4. The van der Waals surface area contributed by atoms with Gasteiger partial charge in [-0.25, -0.2) is 0 Å². The number of methoxy groups -OCH3 is 1. The Morgan fingerprint density at radius 1 is 1.42 bits per heavy atom. The molecule has 0 saturated carbocycles. The van der Waals surface area contributed by atoms with E-state index < -0.39 is 0 Å². The number of aliphatic imine (C=N–C) groups is 1. The van der Waals surface area contributed by atoms with Crippen LogP contribution in [0.15, 0.2) is 23.3 Å². The van der Waals surface area contributed by atoms with Gasteiger partial charge in [0.25, 0.3) is 0 Å². The van der Waals surface area contributed by atoms with Gasteiger partial charge in [-0.15, -0.1) is 0 Å². The average Bonchev–Trinajstić information content (AvgIpc) is 2.41. The van der Waals surface area contributed by atoms with Gasteiger partial charge in [-0.3, -0.25) is 9.98 Å². The molecule has 0 atom stereocenters. The minimum atomic E-state index is -0.224. The van der Waals surface area contributed by atoms with Crippen molar-refractivity contribution in [3.05, 3.63) is 29.6 Å². The molecule has 0 unspecified atom stereocenters. The second-order valence-corrected chi connectivity index (χ2v) is 5.01. The van der Waals surface area contributed by atoms with Crippen LogP contribution in [0, 0.1) is 6.92 Å². The molecule has 0 aromatic carbocycles. The van der Waals surface area contributed by atoms with Crippen LogP contribution in [-0.4, -0.2) is 37.2 Å². The van der Waals surface area contributed by atoms with Crippen LogP contribution in [0.2, 0.25) is 0 Å². The number of guanidine groups is 1. The van der Waals surface area contributed by atoms with E-state index in [1.807, 2.05) is 32.9 Å². The molecule has 0 saturated heterocycles. The highest BCUT2D eigenvalue weighted by atomic mass is 16.5. The smallest absolute Gasteiger partial charge is 0.191 e. The Morgan fingerprint density at radius 3 is 2.74 bits per heavy atom. The van der Waals surface area contributed by atoms with E-state index in [1.165, 1.54) is 5.56 Å². The summed E-state index contributed by atoms with van der Waals surface area (Å²) in [5, 5.41) is 6.48. The summed E-state index contributed by atoms with van der Waals surface area (Å²) in [6.45, 7) is 7.44. The summed E-state index contributed by atoms with van der Waals surface area (Å²) in [5.41, 5.74) is 1.97. The lowest BCUT2D eigenvalue weighted by molar-refractivity contribution is 0.0268. The van der Waals surface area contributed by atoms with Gasteiger partial charge in [-0.1, -0.05) is 6.07 Å². The molecule has 1 aromatic rings. The van der Waals surface area contributed by atoms with Gasteiger partial charge in [-0.05, 0) is 32.4 Å². The molecule has 5 nitrogen and oxygen atoms in total. The number of nitrogens with zero attached hydrogens (tertiary/aromatic N) is 2. The van der Waals surface area contributed by atoms with E-state index in [9.17, 15) is 0 Å². The molecule has 2 N–H and O–H groups in total. The third kappa shape index (κ3) is 5.26. The standard InChI is InChI=1S/C14H24N4O/c1-11-7-6-8-16-12(11)9-17-13(15-4)18-10-14(2,3)19-5/h6-8H,9-10H2,1-5H3,(H2,15,17,18). The minimum absolute atomic E-state index is 0.224. The van der Waals surface area contributed by atoms with E-state index in [-0.39, 0.29) is 5.60 Å². The highest BCUT2D eigenvalue weighted by Gasteiger charge is 2.16. The number of ether oxygens (including phenoxy) is 1. The first-order valence-electron chi connectivity index (χ1n) is 6.38. The summed E-state index contributed by atoms with van der Waals surface area (Å²) in [5.74, 6) is 0.746. The van der Waals surface area contributed by atoms with E-state index >= 15 is 0 Å². The second kappa shape index (κ2) is 7.09. The van der Waals surface area contributed by atoms with E-state index in [0.29, 0.717) is 13.1 Å². The molecular formula is C14H24N4O. The number of aromatic nitrogens is 1. The lowest BCUT2D eigenvalue weighted by atomic mass is 10.1. The molecule has 19 heavy (non-hydrogen) atoms.